The summed E-state index contributed by atoms with van der Waals surface area (Å²) < 4.78 is 25.0. The number of hydrogen-bond acceptors (Lipinski definition) is 4. The average Bonchev–Trinajstić information content (AvgIpc) is 2.82. The lowest BCUT2D eigenvalue weighted by Gasteiger charge is -2.16. The summed E-state index contributed by atoms with van der Waals surface area (Å²) in [4.78, 5) is 0. The number of hydrogen-bond donors (Lipinski definition) is 2. The van der Waals surface area contributed by atoms with E-state index in [4.69, 9.17) is 5.73 Å². The number of anilines is 2. The van der Waals surface area contributed by atoms with E-state index in [1.165, 1.54) is 4.31 Å². The van der Waals surface area contributed by atoms with E-state index < -0.39 is 10.0 Å². The minimum Gasteiger partial charge on any atom is -0.382 e. The lowest BCUT2D eigenvalue weighted by molar-refractivity contribution is 0.599. The third-order valence-corrected chi connectivity index (χ3v) is 4.83. The number of benzene rings is 1. The van der Waals surface area contributed by atoms with Gasteiger partial charge >= 0.3 is 0 Å². The maximum Gasteiger partial charge on any atom is 0.235 e. The normalized spacial score (nSPS) is 18.9. The van der Waals surface area contributed by atoms with Gasteiger partial charge in [-0.2, -0.15) is 5.10 Å². The van der Waals surface area contributed by atoms with Crippen molar-refractivity contribution < 1.29 is 8.42 Å². The van der Waals surface area contributed by atoms with Crippen LogP contribution < -0.4 is 10.0 Å². The molecule has 1 saturated heterocycles. The van der Waals surface area contributed by atoms with Gasteiger partial charge in [-0.05, 0) is 24.6 Å². The fourth-order valence-electron chi connectivity index (χ4n) is 2.11. The van der Waals surface area contributed by atoms with Gasteiger partial charge in [0.25, 0.3) is 0 Å². The molecule has 1 aromatic carbocycles. The molecular formula is C10H12N4O2S. The van der Waals surface area contributed by atoms with Crippen LogP contribution in [0, 0.1) is 0 Å². The molecular weight excluding hydrogens is 240 g/mol. The number of H-pyrrole nitrogens is 1. The van der Waals surface area contributed by atoms with Crippen LogP contribution in [0.25, 0.3) is 10.9 Å². The van der Waals surface area contributed by atoms with Crippen LogP contribution in [0.1, 0.15) is 6.42 Å². The van der Waals surface area contributed by atoms with Gasteiger partial charge in [-0.25, -0.2) is 8.42 Å². The van der Waals surface area contributed by atoms with E-state index in [-0.39, 0.29) is 5.75 Å². The fourth-order valence-corrected chi connectivity index (χ4v) is 3.66. The van der Waals surface area contributed by atoms with Crippen molar-refractivity contribution in [1.82, 2.24) is 10.2 Å². The minimum atomic E-state index is -3.14. The lowest BCUT2D eigenvalue weighted by atomic mass is 10.2. The van der Waals surface area contributed by atoms with Crippen LogP contribution in [0.3, 0.4) is 0 Å². The van der Waals surface area contributed by atoms with Crippen molar-refractivity contribution >= 4 is 32.4 Å². The Morgan fingerprint density at radius 1 is 1.41 bits per heavy atom. The molecule has 2 aromatic rings. The van der Waals surface area contributed by atoms with Crippen molar-refractivity contribution in [3.05, 3.63) is 18.2 Å². The second-order valence-corrected chi connectivity index (χ2v) is 6.09. The maximum atomic E-state index is 11.8. The van der Waals surface area contributed by atoms with Gasteiger partial charge in [0.05, 0.1) is 17.0 Å². The number of nitrogen functional groups attached to an aromatic ring is 1. The van der Waals surface area contributed by atoms with Gasteiger partial charge in [-0.1, -0.05) is 0 Å². The van der Waals surface area contributed by atoms with Gasteiger partial charge in [0, 0.05) is 11.9 Å². The van der Waals surface area contributed by atoms with Crippen LogP contribution in [-0.4, -0.2) is 30.9 Å². The molecule has 17 heavy (non-hydrogen) atoms. The summed E-state index contributed by atoms with van der Waals surface area (Å²) in [5, 5.41) is 7.42. The molecule has 1 aliphatic heterocycles. The smallest absolute Gasteiger partial charge is 0.235 e. The summed E-state index contributed by atoms with van der Waals surface area (Å²) in [7, 11) is -3.14. The van der Waals surface area contributed by atoms with Crippen LogP contribution in [0.15, 0.2) is 18.2 Å². The zero-order valence-corrected chi connectivity index (χ0v) is 9.87. The number of sulfonamides is 1. The molecule has 1 aromatic heterocycles. The van der Waals surface area contributed by atoms with Gasteiger partial charge in [0.2, 0.25) is 10.0 Å². The van der Waals surface area contributed by atoms with Crippen LogP contribution in [0.2, 0.25) is 0 Å². The molecule has 90 valence electrons. The molecule has 0 aliphatic carbocycles. The third-order valence-electron chi connectivity index (χ3n) is 2.96. The Kier molecular flexibility index (Phi) is 2.06. The number of aromatic nitrogens is 2. The monoisotopic (exact) mass is 252 g/mol. The molecule has 7 heteroatoms. The van der Waals surface area contributed by atoms with Crippen molar-refractivity contribution in [3.8, 4) is 0 Å². The van der Waals surface area contributed by atoms with E-state index in [1.54, 1.807) is 18.2 Å². The Labute approximate surface area is 98.5 Å². The molecule has 3 rings (SSSR count). The zero-order valence-electron chi connectivity index (χ0n) is 9.05. The standard InChI is InChI=1S/C10H12N4O2S/c11-10-8-6-7(2-3-9(8)12-13-10)14-4-1-5-17(14,15)16/h2-3,6H,1,4-5H2,(H3,11,12,13). The van der Waals surface area contributed by atoms with Crippen molar-refractivity contribution in [2.24, 2.45) is 0 Å². The van der Waals surface area contributed by atoms with Crippen LogP contribution in [0.4, 0.5) is 11.5 Å². The second-order valence-electron chi connectivity index (χ2n) is 4.08. The van der Waals surface area contributed by atoms with Gasteiger partial charge in [-0.3, -0.25) is 9.40 Å². The largest absolute Gasteiger partial charge is 0.382 e. The van der Waals surface area contributed by atoms with Crippen LogP contribution >= 0.6 is 0 Å². The molecule has 2 heterocycles. The van der Waals surface area contributed by atoms with Crippen LogP contribution in [0.5, 0.6) is 0 Å². The van der Waals surface area contributed by atoms with Crippen LogP contribution in [-0.2, 0) is 10.0 Å². The molecule has 0 radical (unpaired) electrons. The van der Waals surface area contributed by atoms with Gasteiger partial charge in [0.15, 0.2) is 5.82 Å². The van der Waals surface area contributed by atoms with Gasteiger partial charge < -0.3 is 5.73 Å². The Bertz CT molecular complexity index is 677. The molecule has 0 amide bonds. The number of nitrogens with two attached hydrogens (primary N) is 1. The maximum absolute atomic E-state index is 11.8. The Hall–Kier alpha value is -1.76. The number of nitrogens with zero attached hydrogens (tertiary/aromatic N) is 2. The van der Waals surface area contributed by atoms with Gasteiger partial charge in [-0.15, -0.1) is 0 Å². The highest BCUT2D eigenvalue weighted by Gasteiger charge is 2.28. The lowest BCUT2D eigenvalue weighted by Crippen LogP contribution is -2.24. The van der Waals surface area contributed by atoms with E-state index in [0.29, 0.717) is 24.5 Å². The van der Waals surface area contributed by atoms with Crippen molar-refractivity contribution in [2.45, 2.75) is 6.42 Å². The highest BCUT2D eigenvalue weighted by molar-refractivity contribution is 7.93. The Morgan fingerprint density at radius 2 is 2.24 bits per heavy atom. The van der Waals surface area contributed by atoms with E-state index in [1.807, 2.05) is 0 Å². The molecule has 0 saturated carbocycles. The van der Waals surface area contributed by atoms with E-state index in [0.717, 1.165) is 10.9 Å². The third kappa shape index (κ3) is 1.54. The Balaban J connectivity index is 2.15. The van der Waals surface area contributed by atoms with E-state index in [9.17, 15) is 8.42 Å². The summed E-state index contributed by atoms with van der Waals surface area (Å²) in [6, 6.07) is 5.32. The summed E-state index contributed by atoms with van der Waals surface area (Å²) in [6.45, 7) is 0.533. The summed E-state index contributed by atoms with van der Waals surface area (Å²) in [6.07, 6.45) is 0.668. The molecule has 3 N–H and O–H groups in total. The fraction of sp³-hybridized carbons (Fsp3) is 0.300. The molecule has 1 aliphatic rings. The summed E-state index contributed by atoms with van der Waals surface area (Å²) >= 11 is 0. The first-order valence-corrected chi connectivity index (χ1v) is 6.93. The number of rotatable bonds is 1. The zero-order chi connectivity index (χ0) is 12.0. The molecule has 0 unspecified atom stereocenters. The predicted octanol–water partition coefficient (Wildman–Crippen LogP) is 0.685. The van der Waals surface area contributed by atoms with Crippen molar-refractivity contribution in [1.29, 1.82) is 0 Å². The van der Waals surface area contributed by atoms with Crippen molar-refractivity contribution in [3.63, 3.8) is 0 Å². The van der Waals surface area contributed by atoms with E-state index in [2.05, 4.69) is 10.2 Å². The average molecular weight is 252 g/mol. The number of fused-ring (bicyclic) bond motifs is 1. The molecule has 0 spiro atoms. The highest BCUT2D eigenvalue weighted by Crippen LogP contribution is 2.28. The first-order valence-electron chi connectivity index (χ1n) is 5.32. The molecule has 6 nitrogen and oxygen atoms in total. The molecule has 0 bridgehead atoms. The Morgan fingerprint density at radius 3 is 2.94 bits per heavy atom. The first kappa shape index (κ1) is 10.4. The minimum absolute atomic E-state index is 0.214. The number of nitrogens with one attached hydrogen (secondary N) is 1. The summed E-state index contributed by atoms with van der Waals surface area (Å²) in [5.74, 6) is 0.602. The van der Waals surface area contributed by atoms with Gasteiger partial charge in [0.1, 0.15) is 0 Å². The molecule has 0 atom stereocenters. The van der Waals surface area contributed by atoms with E-state index >= 15 is 0 Å². The topological polar surface area (TPSA) is 92.1 Å². The van der Waals surface area contributed by atoms with Crippen molar-refractivity contribution in [2.75, 3.05) is 22.3 Å². The quantitative estimate of drug-likeness (QED) is 0.780. The summed E-state index contributed by atoms with van der Waals surface area (Å²) in [5.41, 5.74) is 7.16. The SMILES string of the molecule is Nc1n[nH]c2ccc(N3CCCS3(=O)=O)cc12. The number of aromatic amines is 1. The highest BCUT2D eigenvalue weighted by atomic mass is 32.2. The molecule has 1 fully saturated rings. The predicted molar refractivity (Wildman–Crippen MR) is 66.3 cm³/mol. The second kappa shape index (κ2) is 3.36. The first-order chi connectivity index (χ1) is 8.08.